The lowest BCUT2D eigenvalue weighted by Crippen LogP contribution is -1.93. The molecule has 2 nitrogen and oxygen atoms in total. The van der Waals surface area contributed by atoms with Gasteiger partial charge in [-0.2, -0.15) is 0 Å². The first-order chi connectivity index (χ1) is 8.58. The Kier molecular flexibility index (Phi) is 4.38. The number of nitrogens with zero attached hydrogens (tertiary/aromatic N) is 1. The van der Waals surface area contributed by atoms with Gasteiger partial charge in [0.1, 0.15) is 5.15 Å². The van der Waals surface area contributed by atoms with Crippen LogP contribution in [-0.2, 0) is 5.75 Å². The molecule has 0 spiro atoms. The van der Waals surface area contributed by atoms with E-state index in [0.29, 0.717) is 10.2 Å². The Bertz CT molecular complexity index is 573. The molecule has 1 heterocycles. The second-order valence-electron chi connectivity index (χ2n) is 3.87. The lowest BCUT2D eigenvalue weighted by Gasteiger charge is -2.08. The highest BCUT2D eigenvalue weighted by atomic mass is 35.5. The van der Waals surface area contributed by atoms with E-state index in [1.807, 2.05) is 25.1 Å². The number of hydrogen-bond donors (Lipinski definition) is 1. The van der Waals surface area contributed by atoms with Gasteiger partial charge < -0.3 is 5.73 Å². The minimum atomic E-state index is 0.406. The molecule has 0 bridgehead atoms. The van der Waals surface area contributed by atoms with Crippen LogP contribution in [0, 0.1) is 6.92 Å². The largest absolute Gasteiger partial charge is 0.398 e. The summed E-state index contributed by atoms with van der Waals surface area (Å²) in [6, 6.07) is 7.65. The molecule has 0 aliphatic heterocycles. The first-order valence-corrected chi connectivity index (χ1v) is 7.10. The zero-order valence-electron chi connectivity index (χ0n) is 9.78. The van der Waals surface area contributed by atoms with Gasteiger partial charge in [0.05, 0.1) is 0 Å². The third kappa shape index (κ3) is 3.10. The highest BCUT2D eigenvalue weighted by Gasteiger charge is 2.06. The van der Waals surface area contributed by atoms with Gasteiger partial charge in [-0.1, -0.05) is 35.3 Å². The Morgan fingerprint density at radius 1 is 1.33 bits per heavy atom. The van der Waals surface area contributed by atoms with Crippen molar-refractivity contribution in [1.29, 1.82) is 0 Å². The smallest absolute Gasteiger partial charge is 0.130 e. The molecule has 0 saturated carbocycles. The summed E-state index contributed by atoms with van der Waals surface area (Å²) in [4.78, 5) is 5.09. The van der Waals surface area contributed by atoms with Crippen LogP contribution in [0.1, 0.15) is 11.1 Å². The van der Waals surface area contributed by atoms with Crippen molar-refractivity contribution in [2.24, 2.45) is 0 Å². The number of hydrogen-bond acceptors (Lipinski definition) is 3. The van der Waals surface area contributed by atoms with Crippen LogP contribution >= 0.6 is 35.0 Å². The Morgan fingerprint density at radius 3 is 2.83 bits per heavy atom. The molecule has 2 N–H and O–H groups in total. The number of aromatic nitrogens is 1. The van der Waals surface area contributed by atoms with E-state index in [1.165, 1.54) is 0 Å². The van der Waals surface area contributed by atoms with E-state index in [9.17, 15) is 0 Å². The van der Waals surface area contributed by atoms with Crippen molar-refractivity contribution in [2.75, 3.05) is 5.73 Å². The zero-order valence-corrected chi connectivity index (χ0v) is 12.1. The van der Waals surface area contributed by atoms with Gasteiger partial charge in [0.25, 0.3) is 0 Å². The molecule has 0 unspecified atom stereocenters. The summed E-state index contributed by atoms with van der Waals surface area (Å²) < 4.78 is 0. The van der Waals surface area contributed by atoms with Crippen LogP contribution in [0.25, 0.3) is 0 Å². The molecule has 0 radical (unpaired) electrons. The number of aryl methyl sites for hydroxylation is 1. The van der Waals surface area contributed by atoms with E-state index in [2.05, 4.69) is 4.98 Å². The summed E-state index contributed by atoms with van der Waals surface area (Å²) in [5, 5.41) is 1.04. The summed E-state index contributed by atoms with van der Waals surface area (Å²) in [5.41, 5.74) is 8.87. The number of rotatable bonds is 3. The third-order valence-electron chi connectivity index (χ3n) is 2.56. The molecule has 2 aromatic rings. The number of para-hydroxylation sites is 1. The zero-order chi connectivity index (χ0) is 13.1. The lowest BCUT2D eigenvalue weighted by molar-refractivity contribution is 1.25. The lowest BCUT2D eigenvalue weighted by atomic mass is 10.2. The minimum Gasteiger partial charge on any atom is -0.398 e. The average Bonchev–Trinajstić information content (AvgIpc) is 2.33. The van der Waals surface area contributed by atoms with E-state index < -0.39 is 0 Å². The van der Waals surface area contributed by atoms with E-state index >= 15 is 0 Å². The summed E-state index contributed by atoms with van der Waals surface area (Å²) in [5.74, 6) is 0.719. The van der Waals surface area contributed by atoms with Crippen LogP contribution in [0.2, 0.25) is 10.2 Å². The summed E-state index contributed by atoms with van der Waals surface area (Å²) in [6.07, 6.45) is 1.70. The van der Waals surface area contributed by atoms with Crippen molar-refractivity contribution in [1.82, 2.24) is 4.98 Å². The normalized spacial score (nSPS) is 10.6. The van der Waals surface area contributed by atoms with Gasteiger partial charge in [0.2, 0.25) is 0 Å². The number of thioether (sulfide) groups is 1. The van der Waals surface area contributed by atoms with Gasteiger partial charge in [-0.15, -0.1) is 11.8 Å². The standard InChI is InChI=1S/C13H12Cl2N2S/c1-8-3-2-4-11(13(8)16)18-7-9-6-17-12(15)5-10(9)14/h2-6H,7,16H2,1H3. The van der Waals surface area contributed by atoms with Gasteiger partial charge in [-0.05, 0) is 30.2 Å². The number of benzene rings is 1. The predicted molar refractivity (Wildman–Crippen MR) is 79.4 cm³/mol. The molecule has 1 aromatic carbocycles. The van der Waals surface area contributed by atoms with E-state index in [-0.39, 0.29) is 0 Å². The molecule has 18 heavy (non-hydrogen) atoms. The van der Waals surface area contributed by atoms with Gasteiger partial charge in [0, 0.05) is 27.6 Å². The van der Waals surface area contributed by atoms with Gasteiger partial charge in [-0.3, -0.25) is 0 Å². The van der Waals surface area contributed by atoms with E-state index in [4.69, 9.17) is 28.9 Å². The maximum absolute atomic E-state index is 6.10. The summed E-state index contributed by atoms with van der Waals surface area (Å²) >= 11 is 13.5. The van der Waals surface area contributed by atoms with Crippen molar-refractivity contribution >= 4 is 40.7 Å². The molecular weight excluding hydrogens is 287 g/mol. The maximum Gasteiger partial charge on any atom is 0.130 e. The molecule has 2 rings (SSSR count). The van der Waals surface area contributed by atoms with Crippen LogP contribution in [0.15, 0.2) is 35.4 Å². The molecule has 0 atom stereocenters. The molecule has 1 aromatic heterocycles. The van der Waals surface area contributed by atoms with Crippen molar-refractivity contribution in [2.45, 2.75) is 17.6 Å². The van der Waals surface area contributed by atoms with Crippen LogP contribution in [0.5, 0.6) is 0 Å². The molecule has 0 saturated heterocycles. The second-order valence-corrected chi connectivity index (χ2v) is 5.69. The van der Waals surface area contributed by atoms with Crippen LogP contribution in [0.4, 0.5) is 5.69 Å². The van der Waals surface area contributed by atoms with E-state index in [0.717, 1.165) is 27.5 Å². The van der Waals surface area contributed by atoms with Crippen molar-refractivity contribution < 1.29 is 0 Å². The quantitative estimate of drug-likeness (QED) is 0.512. The SMILES string of the molecule is Cc1cccc(SCc2cnc(Cl)cc2Cl)c1N. The first-order valence-electron chi connectivity index (χ1n) is 5.35. The van der Waals surface area contributed by atoms with Crippen molar-refractivity contribution in [3.8, 4) is 0 Å². The Hall–Kier alpha value is -0.900. The van der Waals surface area contributed by atoms with E-state index in [1.54, 1.807) is 24.0 Å². The molecule has 5 heteroatoms. The Balaban J connectivity index is 2.14. The molecule has 0 amide bonds. The Labute approximate surface area is 121 Å². The number of nitrogens with two attached hydrogens (primary N) is 1. The molecule has 94 valence electrons. The van der Waals surface area contributed by atoms with Crippen LogP contribution < -0.4 is 5.73 Å². The van der Waals surface area contributed by atoms with Crippen molar-refractivity contribution in [3.05, 3.63) is 51.8 Å². The molecule has 0 aliphatic carbocycles. The number of nitrogen functional groups attached to an aromatic ring is 1. The van der Waals surface area contributed by atoms with Gasteiger partial charge in [0.15, 0.2) is 0 Å². The summed E-state index contributed by atoms with van der Waals surface area (Å²) in [6.45, 7) is 2.00. The highest BCUT2D eigenvalue weighted by Crippen LogP contribution is 2.32. The molecule has 0 aliphatic rings. The van der Waals surface area contributed by atoms with Crippen molar-refractivity contribution in [3.63, 3.8) is 0 Å². The topological polar surface area (TPSA) is 38.9 Å². The Morgan fingerprint density at radius 2 is 2.11 bits per heavy atom. The second kappa shape index (κ2) is 5.83. The predicted octanol–water partition coefficient (Wildman–Crippen LogP) is 4.57. The fourth-order valence-corrected chi connectivity index (χ4v) is 3.02. The number of pyridine rings is 1. The van der Waals surface area contributed by atoms with Gasteiger partial charge in [-0.25, -0.2) is 4.98 Å². The monoisotopic (exact) mass is 298 g/mol. The van der Waals surface area contributed by atoms with Gasteiger partial charge >= 0.3 is 0 Å². The molecule has 0 fully saturated rings. The fourth-order valence-electron chi connectivity index (χ4n) is 1.48. The third-order valence-corrected chi connectivity index (χ3v) is 4.24. The number of anilines is 1. The first kappa shape index (κ1) is 13.5. The van der Waals surface area contributed by atoms with Crippen LogP contribution in [-0.4, -0.2) is 4.98 Å². The fraction of sp³-hybridized carbons (Fsp3) is 0.154. The molecular formula is C13H12Cl2N2S. The van der Waals surface area contributed by atoms with Crippen LogP contribution in [0.3, 0.4) is 0 Å². The average molecular weight is 299 g/mol. The highest BCUT2D eigenvalue weighted by molar-refractivity contribution is 7.98. The minimum absolute atomic E-state index is 0.406. The summed E-state index contributed by atoms with van der Waals surface area (Å²) in [7, 11) is 0. The number of halogens is 2. The maximum atomic E-state index is 6.10.